The quantitative estimate of drug-likeness (QED) is 0.774. The fourth-order valence-corrected chi connectivity index (χ4v) is 3.34. The second kappa shape index (κ2) is 9.29. The second-order valence-electron chi connectivity index (χ2n) is 7.11. The highest BCUT2D eigenvalue weighted by molar-refractivity contribution is 5.93. The van der Waals surface area contributed by atoms with E-state index in [1.54, 1.807) is 4.90 Å². The first-order chi connectivity index (χ1) is 14.3. The van der Waals surface area contributed by atoms with Crippen molar-refractivity contribution in [2.45, 2.75) is 26.1 Å². The zero-order valence-corrected chi connectivity index (χ0v) is 16.7. The molecule has 0 aliphatic carbocycles. The fourth-order valence-electron chi connectivity index (χ4n) is 3.34. The number of hydrogen-bond donors (Lipinski definition) is 1. The number of nitrogens with one attached hydrogen (secondary N) is 1. The molecule has 7 nitrogen and oxygen atoms in total. The molecular weight excluding hydrogens is 399 g/mol. The molecule has 1 aliphatic heterocycles. The van der Waals surface area contributed by atoms with E-state index in [0.29, 0.717) is 26.2 Å². The Bertz CT molecular complexity index is 889. The molecule has 1 aromatic carbocycles. The topological polar surface area (TPSA) is 70.5 Å². The van der Waals surface area contributed by atoms with Crippen LogP contribution in [-0.2, 0) is 28.7 Å². The third-order valence-electron chi connectivity index (χ3n) is 4.99. The minimum Gasteiger partial charge on any atom is -0.339 e. The number of benzene rings is 1. The molecule has 0 saturated carbocycles. The maximum Gasteiger partial charge on any atom is 0.435 e. The summed E-state index contributed by atoms with van der Waals surface area (Å²) in [6, 6.07) is 8.49. The third-order valence-corrected chi connectivity index (χ3v) is 4.99. The standard InChI is InChI=1S/C20H24F3N5O2/c1-2-15-5-3-4-6-16(15)24-18(29)13-26-9-11-27(12-10-26)19(30)14-28-8-7-17(25-28)20(21,22)23/h3-8H,2,9-14H2,1H3,(H,24,29). The number of alkyl halides is 3. The van der Waals surface area contributed by atoms with E-state index in [4.69, 9.17) is 0 Å². The number of hydrogen-bond acceptors (Lipinski definition) is 4. The summed E-state index contributed by atoms with van der Waals surface area (Å²) in [4.78, 5) is 28.2. The van der Waals surface area contributed by atoms with Gasteiger partial charge in [0.1, 0.15) is 6.54 Å². The van der Waals surface area contributed by atoms with E-state index < -0.39 is 11.9 Å². The summed E-state index contributed by atoms with van der Waals surface area (Å²) < 4.78 is 38.8. The predicted molar refractivity (Wildman–Crippen MR) is 105 cm³/mol. The van der Waals surface area contributed by atoms with Crippen molar-refractivity contribution < 1.29 is 22.8 Å². The molecule has 3 rings (SSSR count). The Morgan fingerprint density at radius 1 is 1.07 bits per heavy atom. The van der Waals surface area contributed by atoms with Crippen LogP contribution in [0.25, 0.3) is 0 Å². The first-order valence-corrected chi connectivity index (χ1v) is 9.75. The van der Waals surface area contributed by atoms with Gasteiger partial charge in [-0.1, -0.05) is 25.1 Å². The van der Waals surface area contributed by atoms with Crippen LogP contribution >= 0.6 is 0 Å². The first-order valence-electron chi connectivity index (χ1n) is 9.75. The van der Waals surface area contributed by atoms with Crippen LogP contribution in [-0.4, -0.2) is 64.1 Å². The van der Waals surface area contributed by atoms with Crippen LogP contribution in [0.5, 0.6) is 0 Å². The van der Waals surface area contributed by atoms with Gasteiger partial charge in [-0.15, -0.1) is 0 Å². The molecule has 30 heavy (non-hydrogen) atoms. The van der Waals surface area contributed by atoms with Gasteiger partial charge in [0.05, 0.1) is 6.54 Å². The largest absolute Gasteiger partial charge is 0.435 e. The minimum atomic E-state index is -4.53. The zero-order chi connectivity index (χ0) is 21.7. The summed E-state index contributed by atoms with van der Waals surface area (Å²) >= 11 is 0. The number of anilines is 1. The highest BCUT2D eigenvalue weighted by Crippen LogP contribution is 2.27. The summed E-state index contributed by atoms with van der Waals surface area (Å²) in [5.74, 6) is -0.417. The molecule has 1 fully saturated rings. The van der Waals surface area contributed by atoms with Crippen molar-refractivity contribution in [3.63, 3.8) is 0 Å². The summed E-state index contributed by atoms with van der Waals surface area (Å²) in [7, 11) is 0. The molecule has 1 aromatic heterocycles. The van der Waals surface area contributed by atoms with E-state index >= 15 is 0 Å². The number of amides is 2. The van der Waals surface area contributed by atoms with Crippen LogP contribution in [0, 0.1) is 0 Å². The van der Waals surface area contributed by atoms with Gasteiger partial charge >= 0.3 is 6.18 Å². The third kappa shape index (κ3) is 5.59. The number of nitrogens with zero attached hydrogens (tertiary/aromatic N) is 4. The zero-order valence-electron chi connectivity index (χ0n) is 16.7. The highest BCUT2D eigenvalue weighted by Gasteiger charge is 2.33. The van der Waals surface area contributed by atoms with Crippen molar-refractivity contribution in [2.24, 2.45) is 0 Å². The van der Waals surface area contributed by atoms with Gasteiger partial charge in [-0.05, 0) is 24.1 Å². The molecule has 2 aromatic rings. The minimum absolute atomic E-state index is 0.119. The molecule has 0 radical (unpaired) electrons. The van der Waals surface area contributed by atoms with Crippen molar-refractivity contribution >= 4 is 17.5 Å². The summed E-state index contributed by atoms with van der Waals surface area (Å²) in [6.45, 7) is 3.84. The van der Waals surface area contributed by atoms with Crippen LogP contribution in [0.4, 0.5) is 18.9 Å². The molecule has 2 heterocycles. The van der Waals surface area contributed by atoms with Gasteiger partial charge in [-0.25, -0.2) is 0 Å². The molecule has 1 saturated heterocycles. The average molecular weight is 423 g/mol. The smallest absolute Gasteiger partial charge is 0.339 e. The van der Waals surface area contributed by atoms with Gasteiger partial charge in [0.25, 0.3) is 0 Å². The maximum atomic E-state index is 12.6. The average Bonchev–Trinajstić information content (AvgIpc) is 3.18. The Morgan fingerprint density at radius 2 is 1.77 bits per heavy atom. The highest BCUT2D eigenvalue weighted by atomic mass is 19.4. The van der Waals surface area contributed by atoms with Crippen LogP contribution < -0.4 is 5.32 Å². The Kier molecular flexibility index (Phi) is 6.76. The van der Waals surface area contributed by atoms with Crippen LogP contribution in [0.2, 0.25) is 0 Å². The number of carbonyl (C=O) groups is 2. The molecule has 0 bridgehead atoms. The lowest BCUT2D eigenvalue weighted by atomic mass is 10.1. The van der Waals surface area contributed by atoms with Crippen LogP contribution in [0.3, 0.4) is 0 Å². The molecule has 10 heteroatoms. The van der Waals surface area contributed by atoms with E-state index in [1.807, 2.05) is 36.1 Å². The van der Waals surface area contributed by atoms with Crippen molar-refractivity contribution in [2.75, 3.05) is 38.0 Å². The maximum absolute atomic E-state index is 12.6. The van der Waals surface area contributed by atoms with Gasteiger partial charge in [-0.2, -0.15) is 18.3 Å². The van der Waals surface area contributed by atoms with Crippen molar-refractivity contribution in [3.8, 4) is 0 Å². The monoisotopic (exact) mass is 423 g/mol. The number of carbonyl (C=O) groups excluding carboxylic acids is 2. The number of aryl methyl sites for hydroxylation is 1. The SMILES string of the molecule is CCc1ccccc1NC(=O)CN1CCN(C(=O)Cn2ccc(C(F)(F)F)n2)CC1. The predicted octanol–water partition coefficient (Wildman–Crippen LogP) is 2.25. The van der Waals surface area contributed by atoms with Gasteiger partial charge in [0.15, 0.2) is 5.69 Å². The van der Waals surface area contributed by atoms with Gasteiger partial charge in [-0.3, -0.25) is 19.2 Å². The lowest BCUT2D eigenvalue weighted by molar-refractivity contribution is -0.142. The molecule has 0 atom stereocenters. The van der Waals surface area contributed by atoms with E-state index in [2.05, 4.69) is 10.4 Å². The van der Waals surface area contributed by atoms with Crippen LogP contribution in [0.15, 0.2) is 36.5 Å². The summed E-state index contributed by atoms with van der Waals surface area (Å²) in [6.07, 6.45) is -2.56. The summed E-state index contributed by atoms with van der Waals surface area (Å²) in [5, 5.41) is 6.33. The number of aromatic nitrogens is 2. The molecule has 0 spiro atoms. The Labute approximate surface area is 172 Å². The van der Waals surface area contributed by atoms with Crippen molar-refractivity contribution in [3.05, 3.63) is 47.8 Å². The lowest BCUT2D eigenvalue weighted by Gasteiger charge is -2.34. The number of para-hydroxylation sites is 1. The Hall–Kier alpha value is -2.88. The van der Waals surface area contributed by atoms with Gasteiger partial charge in [0, 0.05) is 38.1 Å². The van der Waals surface area contributed by atoms with E-state index in [-0.39, 0.29) is 24.9 Å². The molecule has 0 unspecified atom stereocenters. The van der Waals surface area contributed by atoms with Crippen molar-refractivity contribution in [1.29, 1.82) is 0 Å². The molecule has 1 N–H and O–H groups in total. The lowest BCUT2D eigenvalue weighted by Crippen LogP contribution is -2.51. The summed E-state index contributed by atoms with van der Waals surface area (Å²) in [5.41, 5.74) is 0.848. The van der Waals surface area contributed by atoms with Gasteiger partial charge in [0.2, 0.25) is 11.8 Å². The first kappa shape index (κ1) is 21.8. The van der Waals surface area contributed by atoms with E-state index in [1.165, 1.54) is 0 Å². The van der Waals surface area contributed by atoms with Crippen molar-refractivity contribution in [1.82, 2.24) is 19.6 Å². The van der Waals surface area contributed by atoms with E-state index in [9.17, 15) is 22.8 Å². The second-order valence-corrected chi connectivity index (χ2v) is 7.11. The van der Waals surface area contributed by atoms with Gasteiger partial charge < -0.3 is 10.2 Å². The number of rotatable bonds is 6. The number of halogens is 3. The number of piperazine rings is 1. The molecule has 2 amide bonds. The molecule has 162 valence electrons. The molecule has 1 aliphatic rings. The normalized spacial score (nSPS) is 15.3. The van der Waals surface area contributed by atoms with Crippen LogP contribution in [0.1, 0.15) is 18.2 Å². The Morgan fingerprint density at radius 3 is 2.40 bits per heavy atom. The fraction of sp³-hybridized carbons (Fsp3) is 0.450. The Balaban J connectivity index is 1.45. The van der Waals surface area contributed by atoms with E-state index in [0.717, 1.165) is 34.6 Å². The molecular formula is C20H24F3N5O2.